The SMILES string of the molecule is CCCC(C)OC(=O)c1ccc(C(C)C)cc1. The van der Waals surface area contributed by atoms with Crippen LogP contribution in [0.5, 0.6) is 0 Å². The number of hydrogen-bond acceptors (Lipinski definition) is 2. The third-order valence-electron chi connectivity index (χ3n) is 2.82. The molecule has 0 saturated carbocycles. The van der Waals surface area contributed by atoms with E-state index in [4.69, 9.17) is 4.74 Å². The van der Waals surface area contributed by atoms with Gasteiger partial charge in [0.05, 0.1) is 11.7 Å². The van der Waals surface area contributed by atoms with Crippen LogP contribution in [-0.4, -0.2) is 12.1 Å². The Hall–Kier alpha value is -1.31. The Labute approximate surface area is 104 Å². The number of carbonyl (C=O) groups is 1. The van der Waals surface area contributed by atoms with E-state index in [1.165, 1.54) is 5.56 Å². The van der Waals surface area contributed by atoms with E-state index in [1.54, 1.807) is 0 Å². The minimum Gasteiger partial charge on any atom is -0.459 e. The first-order chi connectivity index (χ1) is 8.04. The fraction of sp³-hybridized carbons (Fsp3) is 0.533. The molecule has 0 aromatic heterocycles. The Morgan fingerprint density at radius 2 is 1.76 bits per heavy atom. The molecule has 0 N–H and O–H groups in total. The van der Waals surface area contributed by atoms with Gasteiger partial charge in [-0.15, -0.1) is 0 Å². The molecule has 0 fully saturated rings. The van der Waals surface area contributed by atoms with Crippen molar-refractivity contribution in [3.05, 3.63) is 35.4 Å². The molecule has 1 unspecified atom stereocenters. The molecular formula is C15H22O2. The van der Waals surface area contributed by atoms with Crippen LogP contribution in [0.3, 0.4) is 0 Å². The summed E-state index contributed by atoms with van der Waals surface area (Å²) in [6.07, 6.45) is 1.94. The lowest BCUT2D eigenvalue weighted by atomic mass is 10.0. The second kappa shape index (κ2) is 6.43. The number of hydrogen-bond donors (Lipinski definition) is 0. The first kappa shape index (κ1) is 13.8. The van der Waals surface area contributed by atoms with E-state index >= 15 is 0 Å². The Morgan fingerprint density at radius 3 is 2.24 bits per heavy atom. The van der Waals surface area contributed by atoms with Crippen molar-refractivity contribution in [3.63, 3.8) is 0 Å². The summed E-state index contributed by atoms with van der Waals surface area (Å²) in [5, 5.41) is 0. The maximum absolute atomic E-state index is 11.8. The van der Waals surface area contributed by atoms with Crippen LogP contribution >= 0.6 is 0 Å². The fourth-order valence-corrected chi connectivity index (χ4v) is 1.72. The normalized spacial score (nSPS) is 12.5. The van der Waals surface area contributed by atoms with Crippen LogP contribution in [0.4, 0.5) is 0 Å². The molecule has 0 spiro atoms. The van der Waals surface area contributed by atoms with Gasteiger partial charge in [0.25, 0.3) is 0 Å². The van der Waals surface area contributed by atoms with Gasteiger partial charge in [0.1, 0.15) is 0 Å². The number of rotatable bonds is 5. The van der Waals surface area contributed by atoms with Crippen molar-refractivity contribution in [2.75, 3.05) is 0 Å². The summed E-state index contributed by atoms with van der Waals surface area (Å²) in [4.78, 5) is 11.8. The van der Waals surface area contributed by atoms with Crippen LogP contribution in [0.1, 0.15) is 62.4 Å². The zero-order valence-corrected chi connectivity index (χ0v) is 11.2. The van der Waals surface area contributed by atoms with Gasteiger partial charge in [-0.05, 0) is 37.0 Å². The number of benzene rings is 1. The minimum absolute atomic E-state index is 0.00252. The van der Waals surface area contributed by atoms with Gasteiger partial charge >= 0.3 is 5.97 Å². The molecule has 1 aromatic carbocycles. The van der Waals surface area contributed by atoms with Gasteiger partial charge in [-0.3, -0.25) is 0 Å². The molecule has 1 atom stereocenters. The molecule has 0 radical (unpaired) electrons. The van der Waals surface area contributed by atoms with Gasteiger partial charge in [0, 0.05) is 0 Å². The van der Waals surface area contributed by atoms with Crippen molar-refractivity contribution in [3.8, 4) is 0 Å². The molecule has 17 heavy (non-hydrogen) atoms. The molecule has 94 valence electrons. The Balaban J connectivity index is 2.63. The first-order valence-electron chi connectivity index (χ1n) is 6.35. The Bertz CT molecular complexity index is 352. The molecule has 0 heterocycles. The maximum atomic E-state index is 11.8. The Kier molecular flexibility index (Phi) is 5.20. The van der Waals surface area contributed by atoms with E-state index < -0.39 is 0 Å². The lowest BCUT2D eigenvalue weighted by Gasteiger charge is -2.12. The van der Waals surface area contributed by atoms with E-state index in [0.29, 0.717) is 11.5 Å². The van der Waals surface area contributed by atoms with Crippen molar-refractivity contribution >= 4 is 5.97 Å². The summed E-state index contributed by atoms with van der Waals surface area (Å²) in [5.41, 5.74) is 1.88. The van der Waals surface area contributed by atoms with E-state index in [2.05, 4.69) is 20.8 Å². The third kappa shape index (κ3) is 4.22. The molecule has 0 amide bonds. The second-order valence-corrected chi connectivity index (χ2v) is 4.78. The molecule has 0 aliphatic rings. The van der Waals surface area contributed by atoms with Gasteiger partial charge < -0.3 is 4.74 Å². The van der Waals surface area contributed by atoms with Gasteiger partial charge in [-0.1, -0.05) is 39.3 Å². The lowest BCUT2D eigenvalue weighted by Crippen LogP contribution is -2.14. The summed E-state index contributed by atoms with van der Waals surface area (Å²) in [7, 11) is 0. The number of esters is 1. The summed E-state index contributed by atoms with van der Waals surface area (Å²) in [6, 6.07) is 7.67. The minimum atomic E-state index is -0.221. The first-order valence-corrected chi connectivity index (χ1v) is 6.35. The van der Waals surface area contributed by atoms with E-state index in [0.717, 1.165) is 12.8 Å². The highest BCUT2D eigenvalue weighted by Crippen LogP contribution is 2.15. The van der Waals surface area contributed by atoms with Crippen LogP contribution in [0.2, 0.25) is 0 Å². The highest BCUT2D eigenvalue weighted by molar-refractivity contribution is 5.89. The zero-order chi connectivity index (χ0) is 12.8. The smallest absolute Gasteiger partial charge is 0.338 e. The topological polar surface area (TPSA) is 26.3 Å². The number of carbonyl (C=O) groups excluding carboxylic acids is 1. The van der Waals surface area contributed by atoms with E-state index in [-0.39, 0.29) is 12.1 Å². The van der Waals surface area contributed by atoms with Crippen LogP contribution in [0, 0.1) is 0 Å². The fourth-order valence-electron chi connectivity index (χ4n) is 1.72. The maximum Gasteiger partial charge on any atom is 0.338 e. The van der Waals surface area contributed by atoms with Crippen LogP contribution in [0.25, 0.3) is 0 Å². The molecule has 1 aromatic rings. The predicted molar refractivity (Wildman–Crippen MR) is 70.3 cm³/mol. The molecule has 1 rings (SSSR count). The molecule has 2 nitrogen and oxygen atoms in total. The van der Waals surface area contributed by atoms with Crippen molar-refractivity contribution < 1.29 is 9.53 Å². The van der Waals surface area contributed by atoms with Crippen molar-refractivity contribution in [1.82, 2.24) is 0 Å². The standard InChI is InChI=1S/C15H22O2/c1-5-6-12(4)17-15(16)14-9-7-13(8-10-14)11(2)3/h7-12H,5-6H2,1-4H3. The lowest BCUT2D eigenvalue weighted by molar-refractivity contribution is 0.0323. The largest absolute Gasteiger partial charge is 0.459 e. The zero-order valence-electron chi connectivity index (χ0n) is 11.2. The van der Waals surface area contributed by atoms with Gasteiger partial charge in [-0.25, -0.2) is 4.79 Å². The van der Waals surface area contributed by atoms with Crippen molar-refractivity contribution in [2.45, 2.75) is 52.6 Å². The van der Waals surface area contributed by atoms with Gasteiger partial charge in [0.15, 0.2) is 0 Å². The molecule has 0 saturated heterocycles. The average Bonchev–Trinajstić information content (AvgIpc) is 2.29. The van der Waals surface area contributed by atoms with Crippen molar-refractivity contribution in [1.29, 1.82) is 0 Å². The summed E-state index contributed by atoms with van der Waals surface area (Å²) >= 11 is 0. The summed E-state index contributed by atoms with van der Waals surface area (Å²) in [6.45, 7) is 8.29. The highest BCUT2D eigenvalue weighted by Gasteiger charge is 2.11. The molecule has 0 aliphatic heterocycles. The van der Waals surface area contributed by atoms with Crippen LogP contribution in [-0.2, 0) is 4.74 Å². The van der Waals surface area contributed by atoms with Crippen molar-refractivity contribution in [2.24, 2.45) is 0 Å². The monoisotopic (exact) mass is 234 g/mol. The molecular weight excluding hydrogens is 212 g/mol. The quantitative estimate of drug-likeness (QED) is 0.715. The second-order valence-electron chi connectivity index (χ2n) is 4.78. The molecule has 0 bridgehead atoms. The molecule has 0 aliphatic carbocycles. The third-order valence-corrected chi connectivity index (χ3v) is 2.82. The van der Waals surface area contributed by atoms with E-state index in [1.807, 2.05) is 31.2 Å². The predicted octanol–water partition coefficient (Wildman–Crippen LogP) is 4.16. The molecule has 2 heteroatoms. The van der Waals surface area contributed by atoms with Gasteiger partial charge in [-0.2, -0.15) is 0 Å². The summed E-state index contributed by atoms with van der Waals surface area (Å²) in [5.74, 6) is 0.264. The van der Waals surface area contributed by atoms with Gasteiger partial charge in [0.2, 0.25) is 0 Å². The Morgan fingerprint density at radius 1 is 1.18 bits per heavy atom. The van der Waals surface area contributed by atoms with E-state index in [9.17, 15) is 4.79 Å². The summed E-state index contributed by atoms with van der Waals surface area (Å²) < 4.78 is 5.34. The number of ether oxygens (including phenoxy) is 1. The highest BCUT2D eigenvalue weighted by atomic mass is 16.5. The van der Waals surface area contributed by atoms with Crippen LogP contribution in [0.15, 0.2) is 24.3 Å². The average molecular weight is 234 g/mol. The van der Waals surface area contributed by atoms with Crippen LogP contribution < -0.4 is 0 Å².